The number of rotatable bonds is 4. The van der Waals surface area contributed by atoms with Gasteiger partial charge in [0.05, 0.1) is 4.92 Å². The van der Waals surface area contributed by atoms with Gasteiger partial charge in [-0.25, -0.2) is 0 Å². The summed E-state index contributed by atoms with van der Waals surface area (Å²) in [5.74, 6) is 0. The van der Waals surface area contributed by atoms with Crippen LogP contribution in [0.2, 0.25) is 0 Å². The summed E-state index contributed by atoms with van der Waals surface area (Å²) in [5.41, 5.74) is 6.80. The number of hydrogen-bond donors (Lipinski definition) is 2. The van der Waals surface area contributed by atoms with Crippen molar-refractivity contribution in [1.29, 1.82) is 0 Å². The Morgan fingerprint density at radius 2 is 2.12 bits per heavy atom. The molecule has 1 rings (SSSR count). The second-order valence-corrected chi connectivity index (χ2v) is 4.47. The molecule has 0 atom stereocenters. The molecule has 0 saturated heterocycles. The molecule has 0 amide bonds. The maximum Gasteiger partial charge on any atom is 0.274 e. The third-order valence-electron chi connectivity index (χ3n) is 2.40. The van der Waals surface area contributed by atoms with Crippen LogP contribution in [0.3, 0.4) is 0 Å². The number of anilines is 1. The second kappa shape index (κ2) is 4.49. The summed E-state index contributed by atoms with van der Waals surface area (Å²) >= 11 is 0. The van der Waals surface area contributed by atoms with Gasteiger partial charge in [0.1, 0.15) is 0 Å². The minimum atomic E-state index is -0.379. The number of nitrogens with zero attached hydrogens (tertiary/aromatic N) is 1. The fourth-order valence-corrected chi connectivity index (χ4v) is 1.33. The zero-order valence-electron chi connectivity index (χ0n) is 9.78. The minimum absolute atomic E-state index is 0.123. The van der Waals surface area contributed by atoms with E-state index in [1.54, 1.807) is 13.0 Å². The molecule has 0 heterocycles. The summed E-state index contributed by atoms with van der Waals surface area (Å²) in [6.45, 7) is 6.06. The maximum atomic E-state index is 10.8. The van der Waals surface area contributed by atoms with E-state index >= 15 is 0 Å². The van der Waals surface area contributed by atoms with Crippen LogP contribution in [0.15, 0.2) is 18.2 Å². The Balaban J connectivity index is 3.00. The zero-order chi connectivity index (χ0) is 12.3. The fraction of sp³-hybridized carbons (Fsp3) is 0.455. The summed E-state index contributed by atoms with van der Waals surface area (Å²) in [6.07, 6.45) is 0. The van der Waals surface area contributed by atoms with E-state index in [-0.39, 0.29) is 16.1 Å². The average molecular weight is 223 g/mol. The maximum absolute atomic E-state index is 10.8. The van der Waals surface area contributed by atoms with Crippen LogP contribution in [0.25, 0.3) is 0 Å². The molecule has 0 aliphatic heterocycles. The lowest BCUT2D eigenvalue weighted by atomic mass is 10.1. The number of nitrogens with two attached hydrogens (primary N) is 1. The minimum Gasteiger partial charge on any atom is -0.379 e. The molecule has 0 saturated carbocycles. The van der Waals surface area contributed by atoms with Gasteiger partial charge in [-0.3, -0.25) is 10.1 Å². The Morgan fingerprint density at radius 1 is 1.50 bits per heavy atom. The molecule has 0 unspecified atom stereocenters. The molecule has 0 aliphatic carbocycles. The highest BCUT2D eigenvalue weighted by molar-refractivity contribution is 5.55. The first-order valence-corrected chi connectivity index (χ1v) is 5.09. The van der Waals surface area contributed by atoms with Gasteiger partial charge < -0.3 is 11.1 Å². The molecule has 0 spiro atoms. The summed E-state index contributed by atoms with van der Waals surface area (Å²) in [6, 6.07) is 5.08. The molecular weight excluding hydrogens is 206 g/mol. The molecule has 0 aliphatic rings. The highest BCUT2D eigenvalue weighted by Gasteiger charge is 2.17. The van der Waals surface area contributed by atoms with Gasteiger partial charge in [0.2, 0.25) is 0 Å². The molecule has 5 nitrogen and oxygen atoms in total. The molecule has 1 aromatic rings. The Morgan fingerprint density at radius 3 is 2.62 bits per heavy atom. The van der Waals surface area contributed by atoms with E-state index in [0.29, 0.717) is 17.8 Å². The van der Waals surface area contributed by atoms with Gasteiger partial charge in [0, 0.05) is 29.4 Å². The summed E-state index contributed by atoms with van der Waals surface area (Å²) in [4.78, 5) is 10.4. The van der Waals surface area contributed by atoms with Crippen molar-refractivity contribution in [3.8, 4) is 0 Å². The zero-order valence-corrected chi connectivity index (χ0v) is 9.78. The fourth-order valence-electron chi connectivity index (χ4n) is 1.33. The molecule has 3 N–H and O–H groups in total. The molecule has 0 bridgehead atoms. The van der Waals surface area contributed by atoms with E-state index in [0.717, 1.165) is 0 Å². The van der Waals surface area contributed by atoms with Crippen molar-refractivity contribution in [1.82, 2.24) is 0 Å². The van der Waals surface area contributed by atoms with Gasteiger partial charge in [0.25, 0.3) is 5.69 Å². The predicted molar refractivity (Wildman–Crippen MR) is 64.6 cm³/mol. The molecule has 5 heteroatoms. The molecule has 88 valence electrons. The van der Waals surface area contributed by atoms with Crippen LogP contribution in [0.5, 0.6) is 0 Å². The third kappa shape index (κ3) is 2.93. The highest BCUT2D eigenvalue weighted by Crippen LogP contribution is 2.24. The first kappa shape index (κ1) is 12.4. The number of nitro groups is 1. The van der Waals surface area contributed by atoms with Crippen molar-refractivity contribution in [2.45, 2.75) is 26.3 Å². The van der Waals surface area contributed by atoms with E-state index in [1.807, 2.05) is 19.9 Å². The standard InChI is InChI=1S/C11H17N3O2/c1-8-4-5-9(6-10(8)14(15)16)13-11(2,3)7-12/h4-6,13H,7,12H2,1-3H3. The smallest absolute Gasteiger partial charge is 0.274 e. The number of hydrogen-bond acceptors (Lipinski definition) is 4. The molecule has 0 aromatic heterocycles. The van der Waals surface area contributed by atoms with Crippen LogP contribution in [0, 0.1) is 17.0 Å². The molecule has 1 aromatic carbocycles. The molecule has 0 fully saturated rings. The van der Waals surface area contributed by atoms with Gasteiger partial charge in [-0.2, -0.15) is 0 Å². The lowest BCUT2D eigenvalue weighted by Crippen LogP contribution is -2.39. The number of benzene rings is 1. The van der Waals surface area contributed by atoms with Gasteiger partial charge in [-0.05, 0) is 26.8 Å². The Labute approximate surface area is 94.8 Å². The van der Waals surface area contributed by atoms with Crippen molar-refractivity contribution in [2.75, 3.05) is 11.9 Å². The highest BCUT2D eigenvalue weighted by atomic mass is 16.6. The predicted octanol–water partition coefficient (Wildman–Crippen LogP) is 2.05. The molecular formula is C11H17N3O2. The van der Waals surface area contributed by atoms with Gasteiger partial charge in [0.15, 0.2) is 0 Å². The van der Waals surface area contributed by atoms with E-state index in [1.165, 1.54) is 6.07 Å². The van der Waals surface area contributed by atoms with Crippen molar-refractivity contribution >= 4 is 11.4 Å². The Kier molecular flexibility index (Phi) is 3.49. The third-order valence-corrected chi connectivity index (χ3v) is 2.40. The van der Waals surface area contributed by atoms with Crippen molar-refractivity contribution in [2.24, 2.45) is 5.73 Å². The van der Waals surface area contributed by atoms with Gasteiger partial charge in [-0.1, -0.05) is 6.07 Å². The largest absolute Gasteiger partial charge is 0.379 e. The first-order valence-electron chi connectivity index (χ1n) is 5.09. The summed E-state index contributed by atoms with van der Waals surface area (Å²) < 4.78 is 0. The second-order valence-electron chi connectivity index (χ2n) is 4.47. The average Bonchev–Trinajstić information content (AvgIpc) is 2.20. The van der Waals surface area contributed by atoms with Crippen LogP contribution in [0.1, 0.15) is 19.4 Å². The normalized spacial score (nSPS) is 11.2. The summed E-state index contributed by atoms with van der Waals surface area (Å²) in [7, 11) is 0. The van der Waals surface area contributed by atoms with Crippen LogP contribution in [-0.2, 0) is 0 Å². The number of nitro benzene ring substituents is 1. The number of nitrogens with one attached hydrogen (secondary N) is 1. The lowest BCUT2D eigenvalue weighted by Gasteiger charge is -2.25. The van der Waals surface area contributed by atoms with E-state index in [4.69, 9.17) is 5.73 Å². The Bertz CT molecular complexity index is 402. The van der Waals surface area contributed by atoms with Crippen LogP contribution >= 0.6 is 0 Å². The topological polar surface area (TPSA) is 81.2 Å². The SMILES string of the molecule is Cc1ccc(NC(C)(C)CN)cc1[N+](=O)[O-]. The quantitative estimate of drug-likeness (QED) is 0.604. The van der Waals surface area contributed by atoms with Gasteiger partial charge in [-0.15, -0.1) is 0 Å². The van der Waals surface area contributed by atoms with Crippen molar-refractivity contribution in [3.05, 3.63) is 33.9 Å². The lowest BCUT2D eigenvalue weighted by molar-refractivity contribution is -0.385. The molecule has 16 heavy (non-hydrogen) atoms. The van der Waals surface area contributed by atoms with Crippen LogP contribution < -0.4 is 11.1 Å². The van der Waals surface area contributed by atoms with Crippen molar-refractivity contribution in [3.63, 3.8) is 0 Å². The van der Waals surface area contributed by atoms with E-state index < -0.39 is 0 Å². The first-order chi connectivity index (χ1) is 7.35. The Hall–Kier alpha value is -1.62. The summed E-state index contributed by atoms with van der Waals surface area (Å²) in [5, 5.41) is 13.9. The van der Waals surface area contributed by atoms with Crippen LogP contribution in [-0.4, -0.2) is 17.0 Å². The molecule has 0 radical (unpaired) electrons. The number of aryl methyl sites for hydroxylation is 1. The van der Waals surface area contributed by atoms with Crippen molar-refractivity contribution < 1.29 is 4.92 Å². The van der Waals surface area contributed by atoms with Crippen LogP contribution in [0.4, 0.5) is 11.4 Å². The van der Waals surface area contributed by atoms with E-state index in [2.05, 4.69) is 5.32 Å². The van der Waals surface area contributed by atoms with Gasteiger partial charge >= 0.3 is 0 Å². The monoisotopic (exact) mass is 223 g/mol. The van der Waals surface area contributed by atoms with E-state index in [9.17, 15) is 10.1 Å².